The molecule has 1 heterocycles. The lowest BCUT2D eigenvalue weighted by molar-refractivity contribution is -0.146. The van der Waals surface area contributed by atoms with Crippen molar-refractivity contribution in [3.8, 4) is 0 Å². The molecule has 0 spiro atoms. The number of carbonyl (C=O) groups is 2. The van der Waals surface area contributed by atoms with Crippen LogP contribution in [0, 0.1) is 0 Å². The molecule has 120 valence electrons. The molecule has 0 radical (unpaired) electrons. The summed E-state index contributed by atoms with van der Waals surface area (Å²) < 4.78 is 31.4. The fourth-order valence-corrected chi connectivity index (χ4v) is 4.21. The second-order valence-electron chi connectivity index (χ2n) is 5.23. The van der Waals surface area contributed by atoms with Crippen LogP contribution in [-0.4, -0.2) is 44.2 Å². The molecule has 0 amide bonds. The maximum atomic E-state index is 12.7. The molecule has 1 aromatic carbocycles. The first-order valence-corrected chi connectivity index (χ1v) is 8.52. The van der Waals surface area contributed by atoms with Crippen LogP contribution >= 0.6 is 0 Å². The van der Waals surface area contributed by atoms with Gasteiger partial charge in [-0.1, -0.05) is 12.1 Å². The average Bonchev–Trinajstić information content (AvgIpc) is 2.54. The largest absolute Gasteiger partial charge is 0.468 e. The Morgan fingerprint density at radius 1 is 1.18 bits per heavy atom. The van der Waals surface area contributed by atoms with Gasteiger partial charge in [-0.3, -0.25) is 9.59 Å². The van der Waals surface area contributed by atoms with Crippen LogP contribution in [0.3, 0.4) is 0 Å². The van der Waals surface area contributed by atoms with Crippen molar-refractivity contribution in [1.82, 2.24) is 4.31 Å². The molecule has 1 atom stereocenters. The molecule has 0 unspecified atom stereocenters. The average molecular weight is 325 g/mol. The summed E-state index contributed by atoms with van der Waals surface area (Å²) in [5.41, 5.74) is 0.446. The van der Waals surface area contributed by atoms with Gasteiger partial charge in [0.1, 0.15) is 6.04 Å². The number of ketones is 1. The summed E-state index contributed by atoms with van der Waals surface area (Å²) in [6.45, 7) is 1.71. The number of nitrogens with zero attached hydrogens (tertiary/aromatic N) is 1. The second kappa shape index (κ2) is 6.58. The number of Topliss-reactive ketones (excluding diaryl/α,β-unsaturated/α-hetero) is 1. The maximum Gasteiger partial charge on any atom is 0.324 e. The van der Waals surface area contributed by atoms with Crippen LogP contribution in [0.4, 0.5) is 0 Å². The molecule has 1 aliphatic heterocycles. The molecule has 2 rings (SSSR count). The van der Waals surface area contributed by atoms with E-state index in [1.807, 2.05) is 0 Å². The number of hydrogen-bond acceptors (Lipinski definition) is 5. The molecule has 0 aromatic heterocycles. The lowest BCUT2D eigenvalue weighted by atomic mass is 10.1. The zero-order chi connectivity index (χ0) is 16.3. The number of hydrogen-bond donors (Lipinski definition) is 0. The van der Waals surface area contributed by atoms with Gasteiger partial charge < -0.3 is 4.74 Å². The molecule has 0 N–H and O–H groups in total. The maximum absolute atomic E-state index is 12.7. The number of carbonyl (C=O) groups excluding carboxylic acids is 2. The third-order valence-corrected chi connectivity index (χ3v) is 5.72. The van der Waals surface area contributed by atoms with Crippen LogP contribution in [0.5, 0.6) is 0 Å². The van der Waals surface area contributed by atoms with E-state index in [1.54, 1.807) is 0 Å². The molecule has 1 saturated heterocycles. The predicted octanol–water partition coefficient (Wildman–Crippen LogP) is 1.61. The highest BCUT2D eigenvalue weighted by Crippen LogP contribution is 2.26. The van der Waals surface area contributed by atoms with Crippen LogP contribution in [0.15, 0.2) is 29.2 Å². The van der Waals surface area contributed by atoms with Crippen molar-refractivity contribution in [2.75, 3.05) is 13.7 Å². The quantitative estimate of drug-likeness (QED) is 0.620. The third kappa shape index (κ3) is 3.20. The van der Waals surface area contributed by atoms with E-state index in [2.05, 4.69) is 0 Å². The topological polar surface area (TPSA) is 80.8 Å². The first kappa shape index (κ1) is 16.6. The molecular weight excluding hydrogens is 306 g/mol. The highest BCUT2D eigenvalue weighted by Gasteiger charge is 2.38. The Bertz CT molecular complexity index is 666. The van der Waals surface area contributed by atoms with E-state index >= 15 is 0 Å². The Balaban J connectivity index is 2.34. The van der Waals surface area contributed by atoms with Crippen molar-refractivity contribution in [1.29, 1.82) is 0 Å². The second-order valence-corrected chi connectivity index (χ2v) is 7.12. The number of benzene rings is 1. The first-order valence-electron chi connectivity index (χ1n) is 7.08. The van der Waals surface area contributed by atoms with Crippen LogP contribution in [0.1, 0.15) is 36.5 Å². The SMILES string of the molecule is COC(=O)[C@H]1CCCCN1S(=O)(=O)c1ccc(C(C)=O)cc1. The van der Waals surface area contributed by atoms with Gasteiger partial charge in [0.05, 0.1) is 12.0 Å². The first-order chi connectivity index (χ1) is 10.4. The minimum atomic E-state index is -3.79. The molecular formula is C15H19NO5S. The van der Waals surface area contributed by atoms with E-state index in [0.717, 1.165) is 6.42 Å². The van der Waals surface area contributed by atoms with Crippen molar-refractivity contribution >= 4 is 21.8 Å². The lowest BCUT2D eigenvalue weighted by Crippen LogP contribution is -2.48. The molecule has 7 heteroatoms. The van der Waals surface area contributed by atoms with Gasteiger partial charge in [-0.15, -0.1) is 0 Å². The number of ether oxygens (including phenoxy) is 1. The smallest absolute Gasteiger partial charge is 0.324 e. The van der Waals surface area contributed by atoms with Crippen LogP contribution in [0.2, 0.25) is 0 Å². The fraction of sp³-hybridized carbons (Fsp3) is 0.467. The fourth-order valence-electron chi connectivity index (χ4n) is 2.56. The van der Waals surface area contributed by atoms with Gasteiger partial charge in [0, 0.05) is 12.1 Å². The number of rotatable bonds is 4. The Morgan fingerprint density at radius 3 is 2.36 bits per heavy atom. The molecule has 0 aliphatic carbocycles. The Labute approximate surface area is 130 Å². The van der Waals surface area contributed by atoms with Crippen LogP contribution in [0.25, 0.3) is 0 Å². The van der Waals surface area contributed by atoms with Crippen LogP contribution < -0.4 is 0 Å². The summed E-state index contributed by atoms with van der Waals surface area (Å²) in [4.78, 5) is 23.2. The highest BCUT2D eigenvalue weighted by molar-refractivity contribution is 7.89. The van der Waals surface area contributed by atoms with Crippen LogP contribution in [-0.2, 0) is 19.6 Å². The monoisotopic (exact) mass is 325 g/mol. The number of esters is 1. The number of piperidine rings is 1. The summed E-state index contributed by atoms with van der Waals surface area (Å²) in [5, 5.41) is 0. The van der Waals surface area contributed by atoms with Gasteiger partial charge in [0.25, 0.3) is 0 Å². The van der Waals surface area contributed by atoms with Gasteiger partial charge in [-0.2, -0.15) is 4.31 Å². The van der Waals surface area contributed by atoms with Crippen molar-refractivity contribution in [2.45, 2.75) is 37.1 Å². The summed E-state index contributed by atoms with van der Waals surface area (Å²) >= 11 is 0. The molecule has 0 bridgehead atoms. The van der Waals surface area contributed by atoms with Gasteiger partial charge in [0.15, 0.2) is 5.78 Å². The summed E-state index contributed by atoms with van der Waals surface area (Å²) in [6, 6.07) is 4.97. The zero-order valence-electron chi connectivity index (χ0n) is 12.6. The molecule has 1 fully saturated rings. The third-order valence-electron chi connectivity index (χ3n) is 3.79. The molecule has 1 aliphatic rings. The standard InChI is InChI=1S/C15H19NO5S/c1-11(17)12-6-8-13(9-7-12)22(19,20)16-10-4-3-5-14(16)15(18)21-2/h6-9,14H,3-5,10H2,1-2H3/t14-/m1/s1. The van der Waals surface area contributed by atoms with Crippen molar-refractivity contribution < 1.29 is 22.7 Å². The van der Waals surface area contributed by atoms with Gasteiger partial charge >= 0.3 is 5.97 Å². The van der Waals surface area contributed by atoms with Gasteiger partial charge in [-0.25, -0.2) is 8.42 Å². The molecule has 6 nitrogen and oxygen atoms in total. The highest BCUT2D eigenvalue weighted by atomic mass is 32.2. The van der Waals surface area contributed by atoms with Crippen molar-refractivity contribution in [2.24, 2.45) is 0 Å². The summed E-state index contributed by atoms with van der Waals surface area (Å²) in [5.74, 6) is -0.669. The van der Waals surface area contributed by atoms with Crippen molar-refractivity contribution in [3.63, 3.8) is 0 Å². The van der Waals surface area contributed by atoms with Crippen molar-refractivity contribution in [3.05, 3.63) is 29.8 Å². The number of methoxy groups -OCH3 is 1. The summed E-state index contributed by atoms with van der Waals surface area (Å²) in [6.07, 6.45) is 1.95. The Morgan fingerprint density at radius 2 is 1.82 bits per heavy atom. The lowest BCUT2D eigenvalue weighted by Gasteiger charge is -2.32. The molecule has 22 heavy (non-hydrogen) atoms. The van der Waals surface area contributed by atoms with E-state index in [4.69, 9.17) is 4.74 Å². The number of sulfonamides is 1. The Kier molecular flexibility index (Phi) is 4.97. The van der Waals surface area contributed by atoms with E-state index in [9.17, 15) is 18.0 Å². The van der Waals surface area contributed by atoms with E-state index < -0.39 is 22.0 Å². The molecule has 0 saturated carbocycles. The Hall–Kier alpha value is -1.73. The van der Waals surface area contributed by atoms with E-state index in [0.29, 0.717) is 18.4 Å². The van der Waals surface area contributed by atoms with E-state index in [1.165, 1.54) is 42.6 Å². The molecule has 1 aromatic rings. The van der Waals surface area contributed by atoms with Gasteiger partial charge in [-0.05, 0) is 38.3 Å². The summed E-state index contributed by atoms with van der Waals surface area (Å²) in [7, 11) is -2.53. The predicted molar refractivity (Wildman–Crippen MR) is 80.0 cm³/mol. The normalized spacial score (nSPS) is 19.6. The minimum Gasteiger partial charge on any atom is -0.468 e. The van der Waals surface area contributed by atoms with Gasteiger partial charge in [0.2, 0.25) is 10.0 Å². The minimum absolute atomic E-state index is 0.0771. The van der Waals surface area contributed by atoms with E-state index in [-0.39, 0.29) is 17.2 Å². The zero-order valence-corrected chi connectivity index (χ0v) is 13.4.